The Morgan fingerprint density at radius 3 is 2.42 bits per heavy atom. The van der Waals surface area contributed by atoms with Crippen LogP contribution in [0, 0.1) is 6.92 Å². The topological polar surface area (TPSA) is 21.6 Å². The van der Waals surface area contributed by atoms with E-state index in [1.807, 2.05) is 30.3 Å². The van der Waals surface area contributed by atoms with Gasteiger partial charge in [-0.3, -0.25) is 0 Å². The third-order valence-corrected chi connectivity index (χ3v) is 5.16. The van der Waals surface area contributed by atoms with Crippen LogP contribution in [0.5, 0.6) is 5.75 Å². The van der Waals surface area contributed by atoms with E-state index in [2.05, 4.69) is 55.7 Å². The lowest BCUT2D eigenvalue weighted by molar-refractivity contribution is 0.577. The summed E-state index contributed by atoms with van der Waals surface area (Å²) in [6.07, 6.45) is 0. The molecule has 0 aliphatic carbocycles. The normalized spacial score (nSPS) is 11.8. The summed E-state index contributed by atoms with van der Waals surface area (Å²) in [5.41, 5.74) is 4.15. The molecule has 0 saturated heterocycles. The summed E-state index contributed by atoms with van der Waals surface area (Å²) in [5, 5.41) is 2.09. The molecule has 0 aliphatic rings. The van der Waals surface area contributed by atoms with Gasteiger partial charge in [0, 0.05) is 5.56 Å². The van der Waals surface area contributed by atoms with Crippen LogP contribution < -0.4 is 4.43 Å². The Morgan fingerprint density at radius 2 is 1.75 bits per heavy atom. The Bertz CT molecular complexity index is 826. The van der Waals surface area contributed by atoms with Crippen LogP contribution in [0.15, 0.2) is 71.0 Å². The van der Waals surface area contributed by atoms with Gasteiger partial charge in [-0.05, 0) is 43.1 Å². The number of para-hydroxylation sites is 1. The van der Waals surface area contributed by atoms with Crippen LogP contribution >= 0.6 is 11.3 Å². The van der Waals surface area contributed by atoms with Crippen LogP contribution in [0.2, 0.25) is 13.1 Å². The number of nitrogens with zero attached hydrogens (tertiary/aromatic N) is 1. The molecule has 0 atom stereocenters. The fourth-order valence-corrected chi connectivity index (χ4v) is 4.02. The quantitative estimate of drug-likeness (QED) is 0.434. The standard InChI is InChI=1S/C20H21NOSSi/c1-15-9-7-12-17(20(15)22-24(2)3)21-19(18-13-8-14-23-18)16-10-5-4-6-11-16/h4-14,24H,1-3H3. The zero-order chi connectivity index (χ0) is 16.9. The van der Waals surface area contributed by atoms with E-state index < -0.39 is 9.04 Å². The number of rotatable bonds is 5. The van der Waals surface area contributed by atoms with Crippen LogP contribution in [0.4, 0.5) is 5.69 Å². The Labute approximate surface area is 149 Å². The van der Waals surface area contributed by atoms with E-state index in [0.29, 0.717) is 0 Å². The first-order chi connectivity index (χ1) is 11.6. The van der Waals surface area contributed by atoms with E-state index in [1.165, 1.54) is 0 Å². The molecule has 122 valence electrons. The minimum atomic E-state index is -1.20. The van der Waals surface area contributed by atoms with Crippen molar-refractivity contribution in [1.82, 2.24) is 0 Å². The van der Waals surface area contributed by atoms with Gasteiger partial charge in [0.15, 0.2) is 0 Å². The molecule has 2 nitrogen and oxygen atoms in total. The molecule has 0 saturated carbocycles. The zero-order valence-corrected chi connectivity index (χ0v) is 16.2. The highest BCUT2D eigenvalue weighted by molar-refractivity contribution is 7.12. The number of benzene rings is 2. The molecular weight excluding hydrogens is 330 g/mol. The van der Waals surface area contributed by atoms with Crippen LogP contribution in [-0.4, -0.2) is 14.8 Å². The van der Waals surface area contributed by atoms with Gasteiger partial charge >= 0.3 is 0 Å². The Balaban J connectivity index is 2.14. The van der Waals surface area contributed by atoms with Gasteiger partial charge in [0.2, 0.25) is 9.04 Å². The predicted molar refractivity (Wildman–Crippen MR) is 107 cm³/mol. The number of aliphatic imine (C=N–C) groups is 1. The molecule has 0 amide bonds. The molecule has 4 heteroatoms. The monoisotopic (exact) mass is 351 g/mol. The van der Waals surface area contributed by atoms with Gasteiger partial charge in [0.25, 0.3) is 0 Å². The summed E-state index contributed by atoms with van der Waals surface area (Å²) in [5.74, 6) is 0.921. The molecule has 3 aromatic rings. The maximum atomic E-state index is 6.17. The molecule has 0 N–H and O–H groups in total. The van der Waals surface area contributed by atoms with E-state index in [4.69, 9.17) is 9.42 Å². The largest absolute Gasteiger partial charge is 0.545 e. The molecule has 1 heterocycles. The van der Waals surface area contributed by atoms with Crippen LogP contribution in [0.3, 0.4) is 0 Å². The molecule has 2 aromatic carbocycles. The lowest BCUT2D eigenvalue weighted by Crippen LogP contribution is -2.12. The number of hydrogen-bond acceptors (Lipinski definition) is 3. The first-order valence-electron chi connectivity index (χ1n) is 8.09. The molecule has 24 heavy (non-hydrogen) atoms. The van der Waals surface area contributed by atoms with E-state index in [1.54, 1.807) is 11.3 Å². The van der Waals surface area contributed by atoms with Crippen LogP contribution in [0.25, 0.3) is 0 Å². The molecule has 0 fully saturated rings. The second-order valence-electron chi connectivity index (χ2n) is 5.89. The Kier molecular flexibility index (Phi) is 5.28. The van der Waals surface area contributed by atoms with Gasteiger partial charge in [-0.25, -0.2) is 4.99 Å². The highest BCUT2D eigenvalue weighted by Gasteiger charge is 2.13. The van der Waals surface area contributed by atoms with Crippen molar-refractivity contribution >= 4 is 31.8 Å². The van der Waals surface area contributed by atoms with Crippen LogP contribution in [0.1, 0.15) is 16.0 Å². The average Bonchev–Trinajstić information content (AvgIpc) is 3.10. The van der Waals surface area contributed by atoms with E-state index >= 15 is 0 Å². The van der Waals surface area contributed by atoms with Gasteiger partial charge in [0.1, 0.15) is 11.4 Å². The highest BCUT2D eigenvalue weighted by Crippen LogP contribution is 2.33. The lowest BCUT2D eigenvalue weighted by atomic mass is 10.1. The molecule has 3 rings (SSSR count). The lowest BCUT2D eigenvalue weighted by Gasteiger charge is -2.15. The van der Waals surface area contributed by atoms with Crippen molar-refractivity contribution in [2.75, 3.05) is 0 Å². The van der Waals surface area contributed by atoms with Crippen LogP contribution in [-0.2, 0) is 0 Å². The van der Waals surface area contributed by atoms with Crippen molar-refractivity contribution in [3.05, 3.63) is 82.0 Å². The van der Waals surface area contributed by atoms with E-state index in [9.17, 15) is 0 Å². The highest BCUT2D eigenvalue weighted by atomic mass is 32.1. The maximum Gasteiger partial charge on any atom is 0.229 e. The Hall–Kier alpha value is -2.17. The first kappa shape index (κ1) is 16.7. The van der Waals surface area contributed by atoms with Crippen molar-refractivity contribution in [1.29, 1.82) is 0 Å². The fourth-order valence-electron chi connectivity index (χ4n) is 2.51. The van der Waals surface area contributed by atoms with Crippen molar-refractivity contribution in [3.8, 4) is 5.75 Å². The number of thiophene rings is 1. The summed E-state index contributed by atoms with van der Waals surface area (Å²) in [7, 11) is -1.20. The molecule has 0 unspecified atom stereocenters. The smallest absolute Gasteiger partial charge is 0.229 e. The fraction of sp³-hybridized carbons (Fsp3) is 0.150. The summed E-state index contributed by atoms with van der Waals surface area (Å²) < 4.78 is 6.17. The molecule has 0 aliphatic heterocycles. The van der Waals surface area contributed by atoms with Crippen molar-refractivity contribution in [2.24, 2.45) is 4.99 Å². The van der Waals surface area contributed by atoms with Gasteiger partial charge < -0.3 is 4.43 Å². The van der Waals surface area contributed by atoms with Gasteiger partial charge in [-0.15, -0.1) is 11.3 Å². The molecule has 1 aromatic heterocycles. The zero-order valence-electron chi connectivity index (χ0n) is 14.2. The summed E-state index contributed by atoms with van der Waals surface area (Å²) in [6, 6.07) is 20.7. The first-order valence-corrected chi connectivity index (χ1v) is 11.8. The molecule has 0 radical (unpaired) electrons. The third kappa shape index (κ3) is 3.83. The maximum absolute atomic E-state index is 6.17. The van der Waals surface area contributed by atoms with Gasteiger partial charge in [-0.2, -0.15) is 0 Å². The van der Waals surface area contributed by atoms with Gasteiger partial charge in [-0.1, -0.05) is 48.5 Å². The minimum absolute atomic E-state index is 0.906. The third-order valence-electron chi connectivity index (χ3n) is 3.58. The van der Waals surface area contributed by atoms with Crippen molar-refractivity contribution in [3.63, 3.8) is 0 Å². The Morgan fingerprint density at radius 1 is 0.958 bits per heavy atom. The van der Waals surface area contributed by atoms with Crippen molar-refractivity contribution < 1.29 is 4.43 Å². The SMILES string of the molecule is Cc1cccc(N=C(c2ccccc2)c2cccs2)c1O[SiH](C)C. The average molecular weight is 352 g/mol. The molecule has 0 spiro atoms. The van der Waals surface area contributed by atoms with E-state index in [-0.39, 0.29) is 0 Å². The number of hydrogen-bond donors (Lipinski definition) is 0. The van der Waals surface area contributed by atoms with E-state index in [0.717, 1.165) is 33.2 Å². The summed E-state index contributed by atoms with van der Waals surface area (Å²) >= 11 is 1.71. The summed E-state index contributed by atoms with van der Waals surface area (Å²) in [4.78, 5) is 6.17. The van der Waals surface area contributed by atoms with Gasteiger partial charge in [0.05, 0.1) is 10.6 Å². The number of aryl methyl sites for hydroxylation is 1. The second kappa shape index (κ2) is 7.60. The second-order valence-corrected chi connectivity index (χ2v) is 9.17. The predicted octanol–water partition coefficient (Wildman–Crippen LogP) is 5.59. The minimum Gasteiger partial charge on any atom is -0.545 e. The van der Waals surface area contributed by atoms with Crippen molar-refractivity contribution in [2.45, 2.75) is 20.0 Å². The molecule has 0 bridgehead atoms. The summed E-state index contributed by atoms with van der Waals surface area (Å²) in [6.45, 7) is 6.44. The molecular formula is C20H21NOSSi.